The van der Waals surface area contributed by atoms with Gasteiger partial charge in [0.1, 0.15) is 0 Å². The summed E-state index contributed by atoms with van der Waals surface area (Å²) in [6.45, 7) is 3.67. The van der Waals surface area contributed by atoms with Crippen molar-refractivity contribution in [2.75, 3.05) is 11.5 Å². The zero-order valence-corrected chi connectivity index (χ0v) is 9.10. The fraction of sp³-hybridized carbons (Fsp3) is 0.889. The number of sulfone groups is 1. The van der Waals surface area contributed by atoms with E-state index < -0.39 is 9.84 Å². The number of hydrogen-bond donors (Lipinski definition) is 0. The van der Waals surface area contributed by atoms with Gasteiger partial charge in [-0.3, -0.25) is 0 Å². The number of nitriles is 1. The Balaban J connectivity index is 3.89. The molecular formula is C9H17NO2S. The number of rotatable bonds is 6. The molecule has 0 aliphatic rings. The van der Waals surface area contributed by atoms with Crippen LogP contribution in [0.3, 0.4) is 0 Å². The van der Waals surface area contributed by atoms with Gasteiger partial charge in [0, 0.05) is 0 Å². The molecule has 1 atom stereocenters. The number of unbranched alkanes of at least 4 members (excludes halogenated alkanes) is 2. The van der Waals surface area contributed by atoms with Crippen LogP contribution in [0, 0.1) is 17.2 Å². The van der Waals surface area contributed by atoms with E-state index in [0.717, 1.165) is 19.3 Å². The Morgan fingerprint density at radius 3 is 2.46 bits per heavy atom. The summed E-state index contributed by atoms with van der Waals surface area (Å²) in [5.41, 5.74) is 0. The van der Waals surface area contributed by atoms with Crippen LogP contribution in [0.4, 0.5) is 0 Å². The smallest absolute Gasteiger partial charge is 0.151 e. The maximum Gasteiger partial charge on any atom is 0.151 e. The van der Waals surface area contributed by atoms with Crippen LogP contribution in [0.5, 0.6) is 0 Å². The Bertz CT molecular complexity index is 264. The molecule has 0 fully saturated rings. The molecule has 0 amide bonds. The zero-order chi connectivity index (χ0) is 10.3. The summed E-state index contributed by atoms with van der Waals surface area (Å²) in [6, 6.07) is 1.93. The van der Waals surface area contributed by atoms with Crippen molar-refractivity contribution in [3.05, 3.63) is 0 Å². The van der Waals surface area contributed by atoms with Crippen molar-refractivity contribution in [3.8, 4) is 6.07 Å². The lowest BCUT2D eigenvalue weighted by Crippen LogP contribution is -2.16. The Kier molecular flexibility index (Phi) is 5.72. The Morgan fingerprint density at radius 1 is 1.38 bits per heavy atom. The van der Waals surface area contributed by atoms with Crippen molar-refractivity contribution in [2.24, 2.45) is 5.92 Å². The minimum Gasteiger partial charge on any atom is -0.229 e. The fourth-order valence-corrected chi connectivity index (χ4v) is 2.72. The summed E-state index contributed by atoms with van der Waals surface area (Å²) in [5.74, 6) is -0.147. The van der Waals surface area contributed by atoms with E-state index in [1.165, 1.54) is 0 Å². The third kappa shape index (κ3) is 6.59. The van der Waals surface area contributed by atoms with Crippen LogP contribution >= 0.6 is 0 Å². The van der Waals surface area contributed by atoms with Crippen LogP contribution in [0.25, 0.3) is 0 Å². The van der Waals surface area contributed by atoms with E-state index >= 15 is 0 Å². The Hall–Kier alpha value is -0.560. The van der Waals surface area contributed by atoms with Gasteiger partial charge in [0.05, 0.1) is 23.5 Å². The van der Waals surface area contributed by atoms with Gasteiger partial charge < -0.3 is 0 Å². The van der Waals surface area contributed by atoms with E-state index in [2.05, 4.69) is 0 Å². The molecule has 1 unspecified atom stereocenters. The first-order valence-corrected chi connectivity index (χ1v) is 6.44. The maximum atomic E-state index is 11.3. The molecular weight excluding hydrogens is 186 g/mol. The van der Waals surface area contributed by atoms with E-state index in [1.807, 2.05) is 13.0 Å². The molecule has 4 heteroatoms. The molecule has 0 bridgehead atoms. The first-order valence-electron chi connectivity index (χ1n) is 4.62. The highest BCUT2D eigenvalue weighted by Crippen LogP contribution is 2.04. The minimum absolute atomic E-state index is 0.00716. The van der Waals surface area contributed by atoms with Crippen LogP contribution < -0.4 is 0 Å². The molecule has 0 radical (unpaired) electrons. The molecule has 3 nitrogen and oxygen atoms in total. The lowest BCUT2D eigenvalue weighted by atomic mass is 10.3. The van der Waals surface area contributed by atoms with Crippen molar-refractivity contribution >= 4 is 9.84 Å². The van der Waals surface area contributed by atoms with Crippen molar-refractivity contribution in [1.29, 1.82) is 5.26 Å². The van der Waals surface area contributed by atoms with Crippen molar-refractivity contribution in [2.45, 2.75) is 33.1 Å². The van der Waals surface area contributed by atoms with E-state index in [1.54, 1.807) is 6.92 Å². The third-order valence-electron chi connectivity index (χ3n) is 1.78. The Labute approximate surface area is 80.7 Å². The lowest BCUT2D eigenvalue weighted by Gasteiger charge is -2.04. The van der Waals surface area contributed by atoms with Gasteiger partial charge in [-0.05, 0) is 13.3 Å². The normalized spacial score (nSPS) is 13.6. The summed E-state index contributed by atoms with van der Waals surface area (Å²) in [4.78, 5) is 0. The summed E-state index contributed by atoms with van der Waals surface area (Å²) in [7, 11) is -2.99. The predicted octanol–water partition coefficient (Wildman–Crippen LogP) is 1.75. The highest BCUT2D eigenvalue weighted by molar-refractivity contribution is 7.91. The summed E-state index contributed by atoms with van der Waals surface area (Å²) in [5, 5.41) is 8.46. The quantitative estimate of drug-likeness (QED) is 0.618. The monoisotopic (exact) mass is 203 g/mol. The molecule has 0 aliphatic carbocycles. The first-order chi connectivity index (χ1) is 6.02. The predicted molar refractivity (Wildman–Crippen MR) is 53.0 cm³/mol. The molecule has 76 valence electrons. The molecule has 0 aromatic heterocycles. The van der Waals surface area contributed by atoms with E-state index in [9.17, 15) is 8.42 Å². The highest BCUT2D eigenvalue weighted by atomic mass is 32.2. The average Bonchev–Trinajstić information content (AvgIpc) is 2.03. The van der Waals surface area contributed by atoms with Gasteiger partial charge in [-0.15, -0.1) is 0 Å². The molecule has 0 saturated carbocycles. The second-order valence-electron chi connectivity index (χ2n) is 3.35. The number of hydrogen-bond acceptors (Lipinski definition) is 3. The van der Waals surface area contributed by atoms with Crippen LogP contribution in [-0.4, -0.2) is 19.9 Å². The molecule has 0 N–H and O–H groups in total. The minimum atomic E-state index is -2.99. The van der Waals surface area contributed by atoms with E-state index in [-0.39, 0.29) is 17.4 Å². The molecule has 0 spiro atoms. The lowest BCUT2D eigenvalue weighted by molar-refractivity contribution is 0.584. The van der Waals surface area contributed by atoms with Gasteiger partial charge in [-0.1, -0.05) is 19.8 Å². The van der Waals surface area contributed by atoms with E-state index in [0.29, 0.717) is 0 Å². The highest BCUT2D eigenvalue weighted by Gasteiger charge is 2.14. The van der Waals surface area contributed by atoms with Crippen molar-refractivity contribution in [1.82, 2.24) is 0 Å². The summed E-state index contributed by atoms with van der Waals surface area (Å²) in [6.07, 6.45) is 2.68. The second-order valence-corrected chi connectivity index (χ2v) is 5.58. The van der Waals surface area contributed by atoms with Crippen LogP contribution in [0.1, 0.15) is 33.1 Å². The largest absolute Gasteiger partial charge is 0.229 e. The first kappa shape index (κ1) is 12.4. The fourth-order valence-electron chi connectivity index (χ4n) is 1.07. The zero-order valence-electron chi connectivity index (χ0n) is 8.28. The van der Waals surface area contributed by atoms with Crippen LogP contribution in [0.2, 0.25) is 0 Å². The average molecular weight is 203 g/mol. The third-order valence-corrected chi connectivity index (χ3v) is 3.70. The molecule has 0 aromatic carbocycles. The molecule has 13 heavy (non-hydrogen) atoms. The number of nitrogens with zero attached hydrogens (tertiary/aromatic N) is 1. The van der Waals surface area contributed by atoms with E-state index in [4.69, 9.17) is 5.26 Å². The van der Waals surface area contributed by atoms with Gasteiger partial charge in [-0.2, -0.15) is 5.26 Å². The maximum absolute atomic E-state index is 11.3. The standard InChI is InChI=1S/C9H17NO2S/c1-3-4-5-6-13(11,12)8-9(2)7-10/h9H,3-6,8H2,1-2H3. The molecule has 0 rings (SSSR count). The topological polar surface area (TPSA) is 57.9 Å². The van der Waals surface area contributed by atoms with Crippen LogP contribution in [-0.2, 0) is 9.84 Å². The van der Waals surface area contributed by atoms with Gasteiger partial charge in [0.2, 0.25) is 0 Å². The molecule has 0 heterocycles. The van der Waals surface area contributed by atoms with Gasteiger partial charge >= 0.3 is 0 Å². The Morgan fingerprint density at radius 2 is 2.00 bits per heavy atom. The van der Waals surface area contributed by atoms with Gasteiger partial charge in [0.15, 0.2) is 9.84 Å². The molecule has 0 aromatic rings. The van der Waals surface area contributed by atoms with Crippen LogP contribution in [0.15, 0.2) is 0 Å². The van der Waals surface area contributed by atoms with Gasteiger partial charge in [-0.25, -0.2) is 8.42 Å². The van der Waals surface area contributed by atoms with Crippen molar-refractivity contribution in [3.63, 3.8) is 0 Å². The summed E-state index contributed by atoms with van der Waals surface area (Å²) >= 11 is 0. The van der Waals surface area contributed by atoms with Gasteiger partial charge in [0.25, 0.3) is 0 Å². The second kappa shape index (κ2) is 5.98. The summed E-state index contributed by atoms with van der Waals surface area (Å²) < 4.78 is 22.6. The van der Waals surface area contributed by atoms with Crippen molar-refractivity contribution < 1.29 is 8.42 Å². The SMILES string of the molecule is CCCCCS(=O)(=O)CC(C)C#N. The molecule has 0 saturated heterocycles. The molecule has 0 aliphatic heterocycles.